The van der Waals surface area contributed by atoms with Crippen molar-refractivity contribution >= 4 is 23.4 Å². The quantitative estimate of drug-likeness (QED) is 0.798. The van der Waals surface area contributed by atoms with Crippen molar-refractivity contribution in [1.82, 2.24) is 5.32 Å². The Morgan fingerprint density at radius 3 is 3.05 bits per heavy atom. The van der Waals surface area contributed by atoms with Crippen LogP contribution in [-0.2, 0) is 9.53 Å². The summed E-state index contributed by atoms with van der Waals surface area (Å²) in [4.78, 5) is 24.8. The maximum absolute atomic E-state index is 11.7. The van der Waals surface area contributed by atoms with Crippen LogP contribution in [-0.4, -0.2) is 37.7 Å². The van der Waals surface area contributed by atoms with Gasteiger partial charge in [-0.05, 0) is 25.1 Å². The molecule has 21 heavy (non-hydrogen) atoms. The van der Waals surface area contributed by atoms with Gasteiger partial charge in [0.05, 0.1) is 13.1 Å². The van der Waals surface area contributed by atoms with Crippen LogP contribution in [0.4, 0.5) is 16.2 Å². The number of rotatable bonds is 5. The van der Waals surface area contributed by atoms with Crippen LogP contribution in [0.15, 0.2) is 24.3 Å². The molecule has 1 atom stereocenters. The fraction of sp³-hybridized carbons (Fsp3) is 0.333. The van der Waals surface area contributed by atoms with Crippen molar-refractivity contribution in [3.63, 3.8) is 0 Å². The Morgan fingerprint density at radius 1 is 1.57 bits per heavy atom. The summed E-state index contributed by atoms with van der Waals surface area (Å²) >= 11 is 0. The van der Waals surface area contributed by atoms with Gasteiger partial charge in [-0.15, -0.1) is 6.42 Å². The SMILES string of the molecule is C#CCNC(=O)[C@@H](C)Nc1cccc(N2CCOC2=O)c1. The topological polar surface area (TPSA) is 70.7 Å². The minimum atomic E-state index is -0.431. The molecule has 1 aliphatic rings. The van der Waals surface area contributed by atoms with Crippen LogP contribution in [0.1, 0.15) is 6.92 Å². The van der Waals surface area contributed by atoms with E-state index in [1.54, 1.807) is 17.9 Å². The van der Waals surface area contributed by atoms with E-state index in [0.717, 1.165) is 11.4 Å². The molecule has 0 bridgehead atoms. The molecule has 0 saturated carbocycles. The van der Waals surface area contributed by atoms with Gasteiger partial charge in [0.1, 0.15) is 12.6 Å². The third kappa shape index (κ3) is 3.66. The Labute approximate surface area is 123 Å². The highest BCUT2D eigenvalue weighted by Gasteiger charge is 2.23. The zero-order valence-electron chi connectivity index (χ0n) is 11.8. The third-order valence-corrected chi connectivity index (χ3v) is 3.06. The summed E-state index contributed by atoms with van der Waals surface area (Å²) < 4.78 is 4.91. The molecule has 1 aliphatic heterocycles. The van der Waals surface area contributed by atoms with Crippen molar-refractivity contribution < 1.29 is 14.3 Å². The highest BCUT2D eigenvalue weighted by molar-refractivity contribution is 5.90. The van der Waals surface area contributed by atoms with Crippen LogP contribution in [0, 0.1) is 12.3 Å². The lowest BCUT2D eigenvalue weighted by molar-refractivity contribution is -0.121. The maximum Gasteiger partial charge on any atom is 0.414 e. The van der Waals surface area contributed by atoms with Gasteiger partial charge in [-0.3, -0.25) is 9.69 Å². The van der Waals surface area contributed by atoms with Gasteiger partial charge in [-0.1, -0.05) is 12.0 Å². The Hall–Kier alpha value is -2.68. The summed E-state index contributed by atoms with van der Waals surface area (Å²) in [6.45, 7) is 2.86. The number of carbonyl (C=O) groups excluding carboxylic acids is 2. The standard InChI is InChI=1S/C15H17N3O3/c1-3-7-16-14(19)11(2)17-12-5-4-6-13(10-12)18-8-9-21-15(18)20/h1,4-6,10-11,17H,7-9H2,2H3,(H,16,19)/t11-/m1/s1. The lowest BCUT2D eigenvalue weighted by atomic mass is 10.2. The molecule has 1 saturated heterocycles. The molecule has 6 nitrogen and oxygen atoms in total. The molecule has 0 aliphatic carbocycles. The number of cyclic esters (lactones) is 1. The summed E-state index contributed by atoms with van der Waals surface area (Å²) in [6, 6.07) is 6.84. The average Bonchev–Trinajstić information content (AvgIpc) is 2.91. The molecule has 2 rings (SSSR count). The average molecular weight is 287 g/mol. The number of anilines is 2. The van der Waals surface area contributed by atoms with Gasteiger partial charge in [-0.2, -0.15) is 0 Å². The maximum atomic E-state index is 11.7. The van der Waals surface area contributed by atoms with Gasteiger partial charge >= 0.3 is 6.09 Å². The number of terminal acetylenes is 1. The summed E-state index contributed by atoms with van der Waals surface area (Å²) in [5.41, 5.74) is 1.48. The summed E-state index contributed by atoms with van der Waals surface area (Å²) in [5.74, 6) is 2.17. The van der Waals surface area contributed by atoms with Gasteiger partial charge in [0, 0.05) is 11.4 Å². The van der Waals surface area contributed by atoms with Crippen LogP contribution in [0.2, 0.25) is 0 Å². The first-order chi connectivity index (χ1) is 10.1. The lowest BCUT2D eigenvalue weighted by Crippen LogP contribution is -2.37. The third-order valence-electron chi connectivity index (χ3n) is 3.06. The van der Waals surface area contributed by atoms with E-state index in [4.69, 9.17) is 11.2 Å². The van der Waals surface area contributed by atoms with E-state index in [0.29, 0.717) is 13.2 Å². The van der Waals surface area contributed by atoms with Crippen molar-refractivity contribution in [2.45, 2.75) is 13.0 Å². The van der Waals surface area contributed by atoms with Crippen molar-refractivity contribution in [3.8, 4) is 12.3 Å². The minimum absolute atomic E-state index is 0.182. The molecule has 0 radical (unpaired) electrons. The molecule has 1 fully saturated rings. The van der Waals surface area contributed by atoms with Crippen LogP contribution in [0.5, 0.6) is 0 Å². The number of carbonyl (C=O) groups is 2. The molecular formula is C15H17N3O3. The molecule has 0 aromatic heterocycles. The summed E-state index contributed by atoms with van der Waals surface area (Å²) in [7, 11) is 0. The molecule has 6 heteroatoms. The summed E-state index contributed by atoms with van der Waals surface area (Å²) in [5, 5.41) is 5.68. The number of nitrogens with zero attached hydrogens (tertiary/aromatic N) is 1. The van der Waals surface area contributed by atoms with Crippen molar-refractivity contribution in [3.05, 3.63) is 24.3 Å². The highest BCUT2D eigenvalue weighted by Crippen LogP contribution is 2.22. The molecular weight excluding hydrogens is 270 g/mol. The normalized spacial score (nSPS) is 15.0. The van der Waals surface area contributed by atoms with Gasteiger partial charge in [-0.25, -0.2) is 4.79 Å². The van der Waals surface area contributed by atoms with Crippen molar-refractivity contribution in [2.24, 2.45) is 0 Å². The van der Waals surface area contributed by atoms with E-state index >= 15 is 0 Å². The second-order valence-electron chi connectivity index (χ2n) is 4.60. The number of nitrogens with one attached hydrogen (secondary N) is 2. The Balaban J connectivity index is 2.02. The Kier molecular flexibility index (Phi) is 4.67. The second-order valence-corrected chi connectivity index (χ2v) is 4.60. The fourth-order valence-electron chi connectivity index (χ4n) is 2.00. The van der Waals surface area contributed by atoms with Crippen LogP contribution in [0.25, 0.3) is 0 Å². The summed E-state index contributed by atoms with van der Waals surface area (Å²) in [6.07, 6.45) is 4.74. The van der Waals surface area contributed by atoms with E-state index in [9.17, 15) is 9.59 Å². The predicted octanol–water partition coefficient (Wildman–Crippen LogP) is 1.19. The number of hydrogen-bond acceptors (Lipinski definition) is 4. The van der Waals surface area contributed by atoms with Crippen LogP contribution < -0.4 is 15.5 Å². The molecule has 1 aromatic carbocycles. The van der Waals surface area contributed by atoms with E-state index in [-0.39, 0.29) is 18.5 Å². The molecule has 0 unspecified atom stereocenters. The van der Waals surface area contributed by atoms with Crippen LogP contribution in [0.3, 0.4) is 0 Å². The number of hydrogen-bond donors (Lipinski definition) is 2. The fourth-order valence-corrected chi connectivity index (χ4v) is 2.00. The van der Waals surface area contributed by atoms with Gasteiger partial charge in [0.15, 0.2) is 0 Å². The Morgan fingerprint density at radius 2 is 2.38 bits per heavy atom. The highest BCUT2D eigenvalue weighted by atomic mass is 16.6. The van der Waals surface area contributed by atoms with Crippen molar-refractivity contribution in [2.75, 3.05) is 29.9 Å². The molecule has 2 amide bonds. The predicted molar refractivity (Wildman–Crippen MR) is 80.1 cm³/mol. The van der Waals surface area contributed by atoms with Crippen LogP contribution >= 0.6 is 0 Å². The van der Waals surface area contributed by atoms with Gasteiger partial charge < -0.3 is 15.4 Å². The molecule has 1 heterocycles. The van der Waals surface area contributed by atoms with E-state index in [1.165, 1.54) is 0 Å². The van der Waals surface area contributed by atoms with Gasteiger partial charge in [0.2, 0.25) is 5.91 Å². The van der Waals surface area contributed by atoms with Gasteiger partial charge in [0.25, 0.3) is 0 Å². The number of benzene rings is 1. The minimum Gasteiger partial charge on any atom is -0.447 e. The number of amides is 2. The first-order valence-corrected chi connectivity index (χ1v) is 6.64. The first kappa shape index (κ1) is 14.7. The van der Waals surface area contributed by atoms with E-state index < -0.39 is 6.04 Å². The molecule has 2 N–H and O–H groups in total. The van der Waals surface area contributed by atoms with E-state index in [1.807, 2.05) is 18.2 Å². The zero-order chi connectivity index (χ0) is 15.2. The zero-order valence-corrected chi connectivity index (χ0v) is 11.8. The second kappa shape index (κ2) is 6.66. The van der Waals surface area contributed by atoms with Crippen molar-refractivity contribution in [1.29, 1.82) is 0 Å². The van der Waals surface area contributed by atoms with E-state index in [2.05, 4.69) is 16.6 Å². The molecule has 0 spiro atoms. The monoisotopic (exact) mass is 287 g/mol. The Bertz CT molecular complexity index is 580. The number of ether oxygens (including phenoxy) is 1. The largest absolute Gasteiger partial charge is 0.447 e. The molecule has 1 aromatic rings. The molecule has 110 valence electrons. The first-order valence-electron chi connectivity index (χ1n) is 6.64. The lowest BCUT2D eigenvalue weighted by Gasteiger charge is -2.17. The smallest absolute Gasteiger partial charge is 0.414 e.